The number of nitrogens with zero attached hydrogens (tertiary/aromatic N) is 1. The van der Waals surface area contributed by atoms with Gasteiger partial charge in [0.25, 0.3) is 0 Å². The highest BCUT2D eigenvalue weighted by molar-refractivity contribution is 5.95. The fourth-order valence-electron chi connectivity index (χ4n) is 5.65. The van der Waals surface area contributed by atoms with E-state index in [1.165, 1.54) is 0 Å². The molecule has 12 nitrogen and oxygen atoms in total. The third kappa shape index (κ3) is 5.41. The predicted molar refractivity (Wildman–Crippen MR) is 146 cm³/mol. The van der Waals surface area contributed by atoms with Gasteiger partial charge in [0.1, 0.15) is 35.7 Å². The molecule has 0 bridgehead atoms. The molecule has 0 aliphatic carbocycles. The Morgan fingerprint density at radius 1 is 1.38 bits per heavy atom. The lowest BCUT2D eigenvalue weighted by atomic mass is 9.91. The van der Waals surface area contributed by atoms with Crippen molar-refractivity contribution in [2.75, 3.05) is 26.9 Å². The average Bonchev–Trinajstić information content (AvgIpc) is 3.50. The van der Waals surface area contributed by atoms with Gasteiger partial charge < -0.3 is 29.4 Å². The molecule has 0 radical (unpaired) electrons. The van der Waals surface area contributed by atoms with Crippen LogP contribution >= 0.6 is 0 Å². The lowest BCUT2D eigenvalue weighted by molar-refractivity contribution is -0.141. The van der Waals surface area contributed by atoms with E-state index in [1.807, 2.05) is 0 Å². The second-order valence-corrected chi connectivity index (χ2v) is 11.3. The number of carbonyl (C=O) groups excluding carboxylic acids is 2. The minimum Gasteiger partial charge on any atom is -0.496 e. The summed E-state index contributed by atoms with van der Waals surface area (Å²) >= 11 is 0. The van der Waals surface area contributed by atoms with E-state index in [9.17, 15) is 14.7 Å². The van der Waals surface area contributed by atoms with E-state index in [2.05, 4.69) is 33.9 Å². The number of ether oxygens (including phenoxy) is 4. The molecule has 4 aliphatic rings. The van der Waals surface area contributed by atoms with E-state index >= 15 is 0 Å². The third-order valence-corrected chi connectivity index (χ3v) is 7.67. The first-order valence-corrected chi connectivity index (χ1v) is 13.7. The highest BCUT2D eigenvalue weighted by atomic mass is 16.6. The van der Waals surface area contributed by atoms with E-state index in [0.717, 1.165) is 16.7 Å². The summed E-state index contributed by atoms with van der Waals surface area (Å²) in [6.45, 7) is 8.78. The fourth-order valence-corrected chi connectivity index (χ4v) is 5.65. The summed E-state index contributed by atoms with van der Waals surface area (Å²) in [4.78, 5) is 27.1. The number of fused-ring (bicyclic) bond motifs is 3. The summed E-state index contributed by atoms with van der Waals surface area (Å²) in [5.41, 5.74) is 7.22. The Morgan fingerprint density at radius 3 is 2.85 bits per heavy atom. The summed E-state index contributed by atoms with van der Waals surface area (Å²) in [6, 6.07) is 1.39. The Labute approximate surface area is 233 Å². The lowest BCUT2D eigenvalue weighted by Crippen LogP contribution is -2.70. The monoisotopic (exact) mass is 557 g/mol. The van der Waals surface area contributed by atoms with Crippen LogP contribution in [-0.4, -0.2) is 79.0 Å². The zero-order chi connectivity index (χ0) is 28.8. The highest BCUT2D eigenvalue weighted by Crippen LogP contribution is 2.50. The zero-order valence-electron chi connectivity index (χ0n) is 23.6. The molecule has 6 N–H and O–H groups in total. The summed E-state index contributed by atoms with van der Waals surface area (Å²) in [5.74, 6) is 1.17. The van der Waals surface area contributed by atoms with Gasteiger partial charge in [-0.1, -0.05) is 13.0 Å². The standard InChI is InChI=1S/C28H39N5O7/c1-6-38-26(35)19-9-15(8-7-14(2)12-33-13-30-22-24(33)31-27(29)32-25(22)34)21-18(39-19)11-17-16(23(21)37-5)10-20(40-17)28(3,4)36/h8-9,11,14,20,22,24,27,30-31,36H,6-7,10,12-13,29H2,1-5H3,(H,32,34)/b15-8+/t14-,20-,22+,24+,27+/m0/s1. The maximum atomic E-state index is 12.7. The Balaban J connectivity index is 1.42. The number of methoxy groups -OCH3 is 1. The summed E-state index contributed by atoms with van der Waals surface area (Å²) < 4.78 is 23.2. The third-order valence-electron chi connectivity index (χ3n) is 7.67. The van der Waals surface area contributed by atoms with Gasteiger partial charge in [-0.3, -0.25) is 26.1 Å². The maximum absolute atomic E-state index is 12.7. The SMILES string of the molecule is CCOC(=O)C1=C/C(=C\C[C@H](C)CN2CN[C@H]3C(=O)N[C@H](N)N[C@@H]32)c2c(cc3c(c2OC)C[C@@H](C(C)(C)O)O3)O1. The van der Waals surface area contributed by atoms with Crippen LogP contribution in [0.3, 0.4) is 0 Å². The Morgan fingerprint density at radius 2 is 2.15 bits per heavy atom. The fraction of sp³-hybridized carbons (Fsp3) is 0.571. The first kappa shape index (κ1) is 28.4. The van der Waals surface area contributed by atoms with Crippen LogP contribution in [-0.2, 0) is 20.7 Å². The molecule has 2 saturated heterocycles. The van der Waals surface area contributed by atoms with Crippen molar-refractivity contribution in [2.45, 2.75) is 70.7 Å². The van der Waals surface area contributed by atoms with E-state index < -0.39 is 24.0 Å². The van der Waals surface area contributed by atoms with Crippen molar-refractivity contribution in [3.8, 4) is 17.2 Å². The number of nitrogens with two attached hydrogens (primary N) is 1. The molecule has 40 heavy (non-hydrogen) atoms. The largest absolute Gasteiger partial charge is 0.496 e. The lowest BCUT2D eigenvalue weighted by Gasteiger charge is -2.35. The van der Waals surface area contributed by atoms with Gasteiger partial charge in [0, 0.05) is 24.6 Å². The van der Waals surface area contributed by atoms with Crippen LogP contribution in [0.1, 0.15) is 45.2 Å². The number of benzene rings is 1. The van der Waals surface area contributed by atoms with Gasteiger partial charge in [0.05, 0.1) is 37.7 Å². The molecule has 0 saturated carbocycles. The van der Waals surface area contributed by atoms with Crippen LogP contribution < -0.4 is 35.9 Å². The van der Waals surface area contributed by atoms with Gasteiger partial charge in [0.2, 0.25) is 11.7 Å². The first-order chi connectivity index (χ1) is 19.0. The van der Waals surface area contributed by atoms with Crippen molar-refractivity contribution in [3.63, 3.8) is 0 Å². The van der Waals surface area contributed by atoms with Crippen molar-refractivity contribution in [1.82, 2.24) is 20.9 Å². The minimum atomic E-state index is -1.06. The van der Waals surface area contributed by atoms with Crippen molar-refractivity contribution >= 4 is 17.4 Å². The molecule has 5 atom stereocenters. The number of hydrogen-bond acceptors (Lipinski definition) is 11. The Bertz CT molecular complexity index is 1240. The summed E-state index contributed by atoms with van der Waals surface area (Å²) in [5, 5.41) is 19.8. The smallest absolute Gasteiger partial charge is 0.374 e. The molecule has 4 aliphatic heterocycles. The molecule has 0 spiro atoms. The van der Waals surface area contributed by atoms with Gasteiger partial charge in [-0.15, -0.1) is 0 Å². The summed E-state index contributed by atoms with van der Waals surface area (Å²) in [6.07, 6.45) is 3.67. The highest BCUT2D eigenvalue weighted by Gasteiger charge is 2.43. The van der Waals surface area contributed by atoms with E-state index in [0.29, 0.717) is 43.3 Å². The quantitative estimate of drug-likeness (QED) is 0.284. The molecular weight excluding hydrogens is 518 g/mol. The van der Waals surface area contributed by atoms with Gasteiger partial charge in [-0.2, -0.15) is 0 Å². The van der Waals surface area contributed by atoms with Crippen LogP contribution in [0, 0.1) is 5.92 Å². The van der Waals surface area contributed by atoms with Gasteiger partial charge in [0.15, 0.2) is 0 Å². The number of nitrogens with one attached hydrogen (secondary N) is 3. The van der Waals surface area contributed by atoms with Crippen molar-refractivity contribution in [3.05, 3.63) is 35.1 Å². The molecule has 0 aromatic heterocycles. The zero-order valence-corrected chi connectivity index (χ0v) is 23.6. The van der Waals surface area contributed by atoms with Gasteiger partial charge >= 0.3 is 5.97 Å². The van der Waals surface area contributed by atoms with Crippen LogP contribution in [0.5, 0.6) is 17.2 Å². The molecule has 4 heterocycles. The predicted octanol–water partition coefficient (Wildman–Crippen LogP) is 0.538. The first-order valence-electron chi connectivity index (χ1n) is 13.7. The van der Waals surface area contributed by atoms with Crippen molar-refractivity contribution in [1.29, 1.82) is 0 Å². The molecule has 0 unspecified atom stereocenters. The van der Waals surface area contributed by atoms with Gasteiger partial charge in [-0.05, 0) is 44.8 Å². The number of amides is 1. The minimum absolute atomic E-state index is 0.0743. The maximum Gasteiger partial charge on any atom is 0.374 e. The average molecular weight is 558 g/mol. The van der Waals surface area contributed by atoms with Crippen molar-refractivity contribution < 1.29 is 33.6 Å². The van der Waals surface area contributed by atoms with Crippen LogP contribution in [0.25, 0.3) is 5.57 Å². The second-order valence-electron chi connectivity index (χ2n) is 11.3. The molecule has 12 heteroatoms. The van der Waals surface area contributed by atoms with Crippen LogP contribution in [0.15, 0.2) is 24.0 Å². The van der Waals surface area contributed by atoms with E-state index in [-0.39, 0.29) is 36.4 Å². The second kappa shape index (κ2) is 11.0. The van der Waals surface area contributed by atoms with Crippen molar-refractivity contribution in [2.24, 2.45) is 11.7 Å². The van der Waals surface area contributed by atoms with Crippen LogP contribution in [0.2, 0.25) is 0 Å². The van der Waals surface area contributed by atoms with E-state index in [4.69, 9.17) is 24.7 Å². The number of hydrogen-bond donors (Lipinski definition) is 5. The van der Waals surface area contributed by atoms with Crippen LogP contribution in [0.4, 0.5) is 0 Å². The molecule has 1 aromatic rings. The molecule has 1 amide bonds. The normalized spacial score (nSPS) is 27.5. The molecule has 2 fully saturated rings. The number of allylic oxidation sites excluding steroid dienone is 3. The number of esters is 1. The number of aliphatic hydroxyl groups is 1. The topological polar surface area (TPSA) is 157 Å². The van der Waals surface area contributed by atoms with Gasteiger partial charge in [-0.25, -0.2) is 4.79 Å². The number of carbonyl (C=O) groups is 2. The summed E-state index contributed by atoms with van der Waals surface area (Å²) in [7, 11) is 1.59. The molecular formula is C28H39N5O7. The molecule has 1 aromatic carbocycles. The number of rotatable bonds is 8. The van der Waals surface area contributed by atoms with E-state index in [1.54, 1.807) is 40.0 Å². The Kier molecular flexibility index (Phi) is 7.81. The molecule has 218 valence electrons. The Hall–Kier alpha value is -3.16. The molecule has 5 rings (SSSR count).